The lowest BCUT2D eigenvalue weighted by atomic mass is 9.98. The number of halogens is 3. The predicted molar refractivity (Wildman–Crippen MR) is 133 cm³/mol. The Morgan fingerprint density at radius 1 is 1.13 bits per heavy atom. The van der Waals surface area contributed by atoms with E-state index in [4.69, 9.17) is 9.47 Å². The molecule has 0 bridgehead atoms. The van der Waals surface area contributed by atoms with Crippen molar-refractivity contribution in [1.82, 2.24) is 15.2 Å². The minimum Gasteiger partial charge on any atom is -0.444 e. The van der Waals surface area contributed by atoms with Crippen LogP contribution in [-0.4, -0.2) is 45.7 Å². The molecule has 1 aliphatic heterocycles. The molecule has 1 aromatic carbocycles. The van der Waals surface area contributed by atoms with Crippen molar-refractivity contribution in [2.45, 2.75) is 82.9 Å². The van der Waals surface area contributed by atoms with Crippen LogP contribution in [0.4, 0.5) is 18.0 Å². The first kappa shape index (κ1) is 27.5. The maximum Gasteiger partial charge on any atom is 0.408 e. The Balaban J connectivity index is 1.51. The van der Waals surface area contributed by atoms with E-state index in [0.29, 0.717) is 5.56 Å². The minimum atomic E-state index is -3.27. The van der Waals surface area contributed by atoms with Crippen molar-refractivity contribution >= 4 is 12.0 Å². The minimum absolute atomic E-state index is 0.488. The lowest BCUT2D eigenvalue weighted by molar-refractivity contribution is -0.158. The number of nitrogens with one attached hydrogen (secondary N) is 1. The largest absolute Gasteiger partial charge is 0.444 e. The molecule has 0 radical (unpaired) electrons. The number of alkyl halides is 2. The third-order valence-corrected chi connectivity index (χ3v) is 6.50. The number of hydrogen-bond donors (Lipinski definition) is 1. The summed E-state index contributed by atoms with van der Waals surface area (Å²) in [6, 6.07) is 9.58. The Labute approximate surface area is 219 Å². The van der Waals surface area contributed by atoms with Gasteiger partial charge in [-0.3, -0.25) is 14.7 Å². The highest BCUT2D eigenvalue weighted by Gasteiger charge is 2.52. The first-order chi connectivity index (χ1) is 17.8. The zero-order valence-electron chi connectivity index (χ0n) is 21.8. The molecule has 7 nitrogen and oxygen atoms in total. The quantitative estimate of drug-likeness (QED) is 0.520. The standard InChI is InChI=1S/C28H30F3N3O4/c1-26(2,3)38-25(36)33-28(13-14-28)21-11-10-19(16-32-21)17-6-8-18(9-7-17)22-20(12-15-29)34(24(35)23(30)31)27(4,5)37-22/h6-11,16,20,22-23H,13-14H2,1-5H3,(H,33,36)/t20-,22-/m1/s1. The van der Waals surface area contributed by atoms with Crippen LogP contribution >= 0.6 is 0 Å². The number of amides is 2. The van der Waals surface area contributed by atoms with Gasteiger partial charge in [0.1, 0.15) is 29.6 Å². The van der Waals surface area contributed by atoms with Crippen molar-refractivity contribution < 1.29 is 32.2 Å². The highest BCUT2D eigenvalue weighted by Crippen LogP contribution is 2.45. The van der Waals surface area contributed by atoms with Gasteiger partial charge in [0.2, 0.25) is 0 Å². The van der Waals surface area contributed by atoms with Gasteiger partial charge in [0, 0.05) is 11.8 Å². The summed E-state index contributed by atoms with van der Waals surface area (Å²) in [5.41, 5.74) is 0.393. The van der Waals surface area contributed by atoms with E-state index in [-0.39, 0.29) is 0 Å². The molecule has 4 rings (SSSR count). The number of ether oxygens (including phenoxy) is 2. The van der Waals surface area contributed by atoms with E-state index in [0.717, 1.165) is 34.6 Å². The second kappa shape index (κ2) is 9.95. The number of benzene rings is 1. The molecule has 0 spiro atoms. The maximum absolute atomic E-state index is 13.2. The molecule has 1 aromatic heterocycles. The third-order valence-electron chi connectivity index (χ3n) is 6.50. The summed E-state index contributed by atoms with van der Waals surface area (Å²) < 4.78 is 50.7. The highest BCUT2D eigenvalue weighted by atomic mass is 19.3. The van der Waals surface area contributed by atoms with Crippen LogP contribution in [0.1, 0.15) is 64.8 Å². The van der Waals surface area contributed by atoms with Crippen LogP contribution in [0.2, 0.25) is 0 Å². The van der Waals surface area contributed by atoms with E-state index in [2.05, 4.69) is 16.2 Å². The number of nitrogens with zero attached hydrogens (tertiary/aromatic N) is 2. The predicted octanol–water partition coefficient (Wildman–Crippen LogP) is 5.46. The first-order valence-corrected chi connectivity index (χ1v) is 12.2. The van der Waals surface area contributed by atoms with Gasteiger partial charge in [-0.1, -0.05) is 30.3 Å². The van der Waals surface area contributed by atoms with Crippen LogP contribution < -0.4 is 5.32 Å². The van der Waals surface area contributed by atoms with Crippen molar-refractivity contribution in [1.29, 1.82) is 0 Å². The summed E-state index contributed by atoms with van der Waals surface area (Å²) >= 11 is 0. The fraction of sp³-hybridized carbons (Fsp3) is 0.464. The molecule has 2 heterocycles. The van der Waals surface area contributed by atoms with Crippen LogP contribution in [0.15, 0.2) is 42.6 Å². The summed E-state index contributed by atoms with van der Waals surface area (Å²) in [6.45, 7) is 8.34. The molecular formula is C28H30F3N3O4. The van der Waals surface area contributed by atoms with Crippen LogP contribution in [0, 0.1) is 12.1 Å². The van der Waals surface area contributed by atoms with Gasteiger partial charge in [0.05, 0.1) is 11.2 Å². The summed E-state index contributed by atoms with van der Waals surface area (Å²) in [4.78, 5) is 29.8. The second-order valence-corrected chi connectivity index (χ2v) is 10.9. The number of alkyl carbamates (subject to hydrolysis) is 1. The zero-order chi connectivity index (χ0) is 27.9. The summed E-state index contributed by atoms with van der Waals surface area (Å²) in [6.07, 6.45) is -0.203. The van der Waals surface area contributed by atoms with Gasteiger partial charge in [-0.25, -0.2) is 4.79 Å². The summed E-state index contributed by atoms with van der Waals surface area (Å²) in [5, 5.41) is 2.93. The average molecular weight is 530 g/mol. The van der Waals surface area contributed by atoms with Crippen LogP contribution in [0.3, 0.4) is 0 Å². The Bertz CT molecular complexity index is 1260. The third kappa shape index (κ3) is 5.63. The number of aromatic nitrogens is 1. The zero-order valence-corrected chi connectivity index (χ0v) is 21.8. The molecule has 10 heteroatoms. The van der Waals surface area contributed by atoms with Crippen molar-refractivity contribution in [3.05, 3.63) is 53.9 Å². The maximum atomic E-state index is 13.2. The molecule has 2 amide bonds. The van der Waals surface area contributed by atoms with Crippen LogP contribution in [0.25, 0.3) is 11.1 Å². The molecule has 2 aromatic rings. The normalized spacial score (nSPS) is 21.4. The van der Waals surface area contributed by atoms with Gasteiger partial charge < -0.3 is 14.8 Å². The van der Waals surface area contributed by atoms with Gasteiger partial charge in [-0.2, -0.15) is 8.78 Å². The van der Waals surface area contributed by atoms with E-state index < -0.39 is 47.4 Å². The van der Waals surface area contributed by atoms with E-state index >= 15 is 0 Å². The lowest BCUT2D eigenvalue weighted by Crippen LogP contribution is -2.50. The number of pyridine rings is 1. The molecule has 2 atom stereocenters. The topological polar surface area (TPSA) is 80.8 Å². The SMILES string of the molecule is CC(C)(C)OC(=O)NC1(c2ccc(-c3ccc([C@H]4OC(C)(C)N(C(=O)C(F)F)[C@@H]4C#CF)cc3)cn2)CC1. The molecule has 2 aliphatic rings. The van der Waals surface area contributed by atoms with Crippen molar-refractivity contribution in [3.8, 4) is 23.2 Å². The molecular weight excluding hydrogens is 499 g/mol. The average Bonchev–Trinajstić information content (AvgIpc) is 3.55. The van der Waals surface area contributed by atoms with E-state index in [9.17, 15) is 22.8 Å². The Kier molecular flexibility index (Phi) is 7.19. The molecule has 0 unspecified atom stereocenters. The van der Waals surface area contributed by atoms with E-state index in [1.807, 2.05) is 12.1 Å². The molecule has 38 heavy (non-hydrogen) atoms. The number of hydrogen-bond acceptors (Lipinski definition) is 5. The smallest absolute Gasteiger partial charge is 0.408 e. The van der Waals surface area contributed by atoms with Gasteiger partial charge in [0.25, 0.3) is 5.91 Å². The summed E-state index contributed by atoms with van der Waals surface area (Å²) in [7, 11) is 0. The Hall–Kier alpha value is -3.58. The van der Waals surface area contributed by atoms with Gasteiger partial charge in [0.15, 0.2) is 0 Å². The Morgan fingerprint density at radius 2 is 1.76 bits per heavy atom. The molecule has 202 valence electrons. The monoisotopic (exact) mass is 529 g/mol. The molecule has 1 saturated heterocycles. The van der Waals surface area contributed by atoms with Crippen LogP contribution in [-0.2, 0) is 19.8 Å². The highest BCUT2D eigenvalue weighted by molar-refractivity contribution is 5.81. The van der Waals surface area contributed by atoms with Crippen LogP contribution in [0.5, 0.6) is 0 Å². The fourth-order valence-corrected chi connectivity index (χ4v) is 4.64. The van der Waals surface area contributed by atoms with Gasteiger partial charge in [-0.05, 0) is 70.6 Å². The number of carbonyl (C=O) groups is 2. The van der Waals surface area contributed by atoms with Crippen molar-refractivity contribution in [2.75, 3.05) is 0 Å². The summed E-state index contributed by atoms with van der Waals surface area (Å²) in [5.74, 6) is 0.744. The van der Waals surface area contributed by atoms with Gasteiger partial charge in [-0.15, -0.1) is 4.39 Å². The molecule has 1 aliphatic carbocycles. The number of rotatable bonds is 5. The van der Waals surface area contributed by atoms with Crippen molar-refractivity contribution in [3.63, 3.8) is 0 Å². The molecule has 1 N–H and O–H groups in total. The van der Waals surface area contributed by atoms with E-state index in [1.165, 1.54) is 20.0 Å². The lowest BCUT2D eigenvalue weighted by Gasteiger charge is -2.31. The second-order valence-electron chi connectivity index (χ2n) is 10.9. The van der Waals surface area contributed by atoms with Gasteiger partial charge >= 0.3 is 12.5 Å². The molecule has 1 saturated carbocycles. The Morgan fingerprint density at radius 3 is 2.26 bits per heavy atom. The van der Waals surface area contributed by atoms with E-state index in [1.54, 1.807) is 51.2 Å². The first-order valence-electron chi connectivity index (χ1n) is 12.2. The van der Waals surface area contributed by atoms with Crippen molar-refractivity contribution in [2.24, 2.45) is 0 Å². The fourth-order valence-electron chi connectivity index (χ4n) is 4.64. The number of carbonyl (C=O) groups excluding carboxylic acids is 2. The molecule has 2 fully saturated rings.